The van der Waals surface area contributed by atoms with E-state index in [9.17, 15) is 0 Å². The van der Waals surface area contributed by atoms with E-state index in [2.05, 4.69) is 41.3 Å². The van der Waals surface area contributed by atoms with Crippen LogP contribution in [-0.2, 0) is 6.54 Å². The maximum absolute atomic E-state index is 6.04. The molecule has 0 bridgehead atoms. The van der Waals surface area contributed by atoms with E-state index in [4.69, 9.17) is 23.2 Å². The van der Waals surface area contributed by atoms with Crippen LogP contribution in [0.25, 0.3) is 0 Å². The molecule has 1 radical (unpaired) electrons. The molecule has 1 heterocycles. The van der Waals surface area contributed by atoms with Crippen LogP contribution in [-0.4, -0.2) is 18.0 Å². The zero-order chi connectivity index (χ0) is 13.9. The summed E-state index contributed by atoms with van der Waals surface area (Å²) >= 11 is 12.1. The second-order valence-corrected chi connectivity index (χ2v) is 6.13. The van der Waals surface area contributed by atoms with Crippen molar-refractivity contribution in [3.8, 4) is 0 Å². The molecule has 20 heavy (non-hydrogen) atoms. The molecular weight excluding hydrogens is 289 g/mol. The molecule has 2 aromatic rings. The van der Waals surface area contributed by atoms with Crippen LogP contribution in [0.5, 0.6) is 0 Å². The van der Waals surface area contributed by atoms with Crippen molar-refractivity contribution in [1.29, 1.82) is 0 Å². The van der Waals surface area contributed by atoms with Gasteiger partial charge in [-0.1, -0.05) is 53.5 Å². The number of halogens is 2. The van der Waals surface area contributed by atoms with Gasteiger partial charge in [-0.3, -0.25) is 4.90 Å². The van der Waals surface area contributed by atoms with Gasteiger partial charge in [0.15, 0.2) is 0 Å². The Morgan fingerprint density at radius 2 is 1.80 bits per heavy atom. The first kappa shape index (κ1) is 13.9. The third-order valence-corrected chi connectivity index (χ3v) is 4.23. The molecule has 0 N–H and O–H groups in total. The van der Waals surface area contributed by atoms with Crippen molar-refractivity contribution >= 4 is 23.2 Å². The Morgan fingerprint density at radius 3 is 2.50 bits per heavy atom. The van der Waals surface area contributed by atoms with E-state index in [1.54, 1.807) is 0 Å². The highest BCUT2D eigenvalue weighted by Gasteiger charge is 2.24. The van der Waals surface area contributed by atoms with Gasteiger partial charge in [-0.05, 0) is 42.1 Å². The molecule has 0 amide bonds. The average molecular weight is 305 g/mol. The topological polar surface area (TPSA) is 3.24 Å². The molecule has 2 aromatic carbocycles. The molecular formula is C17H16Cl2N. The van der Waals surface area contributed by atoms with Gasteiger partial charge in [0.25, 0.3) is 0 Å². The van der Waals surface area contributed by atoms with Crippen LogP contribution in [0.3, 0.4) is 0 Å². The standard InChI is InChI=1S/C17H16Cl2N/c18-16-8-15(9-17(19)10-16)14-6-7-20(12-14)11-13-4-2-1-3-5-13/h1-5,8-9,14H,6-7,11-12H2. The van der Waals surface area contributed by atoms with Gasteiger partial charge >= 0.3 is 0 Å². The minimum absolute atomic E-state index is 0.517. The highest BCUT2D eigenvalue weighted by molar-refractivity contribution is 6.34. The second kappa shape index (κ2) is 6.17. The molecule has 1 saturated heterocycles. The normalized spacial score (nSPS) is 19.4. The summed E-state index contributed by atoms with van der Waals surface area (Å²) in [4.78, 5) is 2.48. The first-order chi connectivity index (χ1) is 9.70. The van der Waals surface area contributed by atoms with Crippen LogP contribution in [0.15, 0.2) is 42.5 Å². The number of benzene rings is 2. The first-order valence-electron chi connectivity index (χ1n) is 6.85. The summed E-state index contributed by atoms with van der Waals surface area (Å²) in [7, 11) is 0. The number of nitrogens with zero attached hydrogens (tertiary/aromatic N) is 1. The lowest BCUT2D eigenvalue weighted by Crippen LogP contribution is -2.19. The molecule has 3 rings (SSSR count). The van der Waals surface area contributed by atoms with Crippen LogP contribution < -0.4 is 0 Å². The molecule has 0 saturated carbocycles. The van der Waals surface area contributed by atoms with E-state index in [0.717, 1.165) is 26.1 Å². The molecule has 1 unspecified atom stereocenters. The summed E-state index contributed by atoms with van der Waals surface area (Å²) in [6.45, 7) is 3.19. The molecule has 1 aliphatic heterocycles. The lowest BCUT2D eigenvalue weighted by Gasteiger charge is -2.16. The fraction of sp³-hybridized carbons (Fsp3) is 0.294. The van der Waals surface area contributed by atoms with E-state index in [0.29, 0.717) is 16.0 Å². The summed E-state index contributed by atoms with van der Waals surface area (Å²) in [6, 6.07) is 17.5. The first-order valence-corrected chi connectivity index (χ1v) is 7.61. The predicted octanol–water partition coefficient (Wildman–Crippen LogP) is 4.78. The van der Waals surface area contributed by atoms with Crippen molar-refractivity contribution in [2.75, 3.05) is 13.1 Å². The van der Waals surface area contributed by atoms with Gasteiger partial charge in [0.05, 0.1) is 10.0 Å². The van der Waals surface area contributed by atoms with Crippen molar-refractivity contribution in [3.63, 3.8) is 0 Å². The number of hydrogen-bond acceptors (Lipinski definition) is 1. The summed E-state index contributed by atoms with van der Waals surface area (Å²) in [5, 5.41) is 1.21. The van der Waals surface area contributed by atoms with E-state index >= 15 is 0 Å². The smallest absolute Gasteiger partial charge is 0.0503 e. The van der Waals surface area contributed by atoms with Crippen molar-refractivity contribution in [2.24, 2.45) is 0 Å². The Kier molecular flexibility index (Phi) is 4.30. The Morgan fingerprint density at radius 1 is 1.10 bits per heavy atom. The van der Waals surface area contributed by atoms with Gasteiger partial charge in [-0.25, -0.2) is 0 Å². The van der Waals surface area contributed by atoms with Crippen molar-refractivity contribution in [3.05, 3.63) is 69.7 Å². The van der Waals surface area contributed by atoms with Crippen molar-refractivity contribution in [1.82, 2.24) is 4.90 Å². The van der Waals surface area contributed by atoms with Crippen LogP contribution >= 0.6 is 23.2 Å². The van der Waals surface area contributed by atoms with Crippen LogP contribution in [0, 0.1) is 6.07 Å². The summed E-state index contributed by atoms with van der Waals surface area (Å²) in [5.41, 5.74) is 2.60. The summed E-state index contributed by atoms with van der Waals surface area (Å²) in [5.74, 6) is 0.517. The van der Waals surface area contributed by atoms with Crippen molar-refractivity contribution < 1.29 is 0 Å². The van der Waals surface area contributed by atoms with Gasteiger partial charge in [0.2, 0.25) is 0 Å². The van der Waals surface area contributed by atoms with Gasteiger partial charge in [-0.15, -0.1) is 0 Å². The lowest BCUT2D eigenvalue weighted by molar-refractivity contribution is 0.327. The predicted molar refractivity (Wildman–Crippen MR) is 84.4 cm³/mol. The second-order valence-electron chi connectivity index (χ2n) is 5.32. The average Bonchev–Trinajstić information content (AvgIpc) is 2.87. The minimum atomic E-state index is 0.517. The highest BCUT2D eigenvalue weighted by Crippen LogP contribution is 2.31. The van der Waals surface area contributed by atoms with E-state index in [1.807, 2.05) is 12.1 Å². The molecule has 1 fully saturated rings. The molecule has 0 aliphatic carbocycles. The molecule has 1 nitrogen and oxygen atoms in total. The van der Waals surface area contributed by atoms with Crippen LogP contribution in [0.4, 0.5) is 0 Å². The van der Waals surface area contributed by atoms with Crippen molar-refractivity contribution in [2.45, 2.75) is 18.9 Å². The lowest BCUT2D eigenvalue weighted by atomic mass is 9.99. The fourth-order valence-electron chi connectivity index (χ4n) is 2.85. The molecule has 1 aliphatic rings. The van der Waals surface area contributed by atoms with Gasteiger partial charge in [-0.2, -0.15) is 0 Å². The highest BCUT2D eigenvalue weighted by atomic mass is 35.5. The maximum Gasteiger partial charge on any atom is 0.0503 e. The van der Waals surface area contributed by atoms with E-state index in [1.165, 1.54) is 11.1 Å². The zero-order valence-corrected chi connectivity index (χ0v) is 12.7. The van der Waals surface area contributed by atoms with Gasteiger partial charge < -0.3 is 0 Å². The zero-order valence-electron chi connectivity index (χ0n) is 11.2. The molecule has 103 valence electrons. The maximum atomic E-state index is 6.04. The monoisotopic (exact) mass is 304 g/mol. The SMILES string of the molecule is Clc1[c]c(Cl)cc(C2CCN(Cc3ccccc3)C2)c1. The third-order valence-electron chi connectivity index (χ3n) is 3.82. The quantitative estimate of drug-likeness (QED) is 0.788. The number of hydrogen-bond donors (Lipinski definition) is 0. The molecule has 1 atom stereocenters. The van der Waals surface area contributed by atoms with E-state index < -0.39 is 0 Å². The molecule has 0 spiro atoms. The third kappa shape index (κ3) is 3.35. The minimum Gasteiger partial charge on any atom is -0.298 e. The summed E-state index contributed by atoms with van der Waals surface area (Å²) < 4.78 is 0. The number of rotatable bonds is 3. The Bertz CT molecular complexity index is 563. The Balaban J connectivity index is 1.67. The van der Waals surface area contributed by atoms with Crippen LogP contribution in [0.2, 0.25) is 10.0 Å². The van der Waals surface area contributed by atoms with Gasteiger partial charge in [0.1, 0.15) is 0 Å². The Labute approximate surface area is 130 Å². The van der Waals surface area contributed by atoms with E-state index in [-0.39, 0.29) is 0 Å². The van der Waals surface area contributed by atoms with Crippen LogP contribution in [0.1, 0.15) is 23.5 Å². The Hall–Kier alpha value is -1.02. The largest absolute Gasteiger partial charge is 0.298 e. The number of likely N-dealkylation sites (tertiary alicyclic amines) is 1. The summed E-state index contributed by atoms with van der Waals surface area (Å²) in [6.07, 6.45) is 1.16. The molecule has 0 aromatic heterocycles. The molecule has 3 heteroatoms. The fourth-order valence-corrected chi connectivity index (χ4v) is 3.35. The van der Waals surface area contributed by atoms with Gasteiger partial charge in [0, 0.05) is 19.2 Å².